The van der Waals surface area contributed by atoms with Crippen molar-refractivity contribution in [3.63, 3.8) is 0 Å². The summed E-state index contributed by atoms with van der Waals surface area (Å²) in [5, 5.41) is 17.4. The van der Waals surface area contributed by atoms with Crippen LogP contribution in [-0.2, 0) is 10.2 Å². The lowest BCUT2D eigenvalue weighted by Crippen LogP contribution is -2.14. The third-order valence-electron chi connectivity index (χ3n) is 5.29. The van der Waals surface area contributed by atoms with E-state index in [1.54, 1.807) is 6.07 Å². The second-order valence-corrected chi connectivity index (χ2v) is 9.85. The molecule has 0 saturated heterocycles. The third kappa shape index (κ3) is 4.47. The molecular formula is C25H24N6O2S. The Morgan fingerprint density at radius 2 is 1.82 bits per heavy atom. The summed E-state index contributed by atoms with van der Waals surface area (Å²) >= 11 is 1.31. The number of hydrogen-bond acceptors (Lipinski definition) is 6. The van der Waals surface area contributed by atoms with Gasteiger partial charge in [-0.05, 0) is 24.3 Å². The van der Waals surface area contributed by atoms with E-state index in [9.17, 15) is 4.79 Å². The Bertz CT molecular complexity index is 1410. The fourth-order valence-corrected chi connectivity index (χ4v) is 4.28. The van der Waals surface area contributed by atoms with Gasteiger partial charge in [-0.1, -0.05) is 74.1 Å². The van der Waals surface area contributed by atoms with Crippen molar-refractivity contribution in [2.45, 2.75) is 31.3 Å². The molecule has 0 atom stereocenters. The number of nitrogens with one attached hydrogen (secondary N) is 2. The first kappa shape index (κ1) is 22.0. The van der Waals surface area contributed by atoms with E-state index in [-0.39, 0.29) is 17.1 Å². The topological polar surface area (TPSA) is 102 Å². The molecule has 5 rings (SSSR count). The number of H-pyrrole nitrogens is 1. The second-order valence-electron chi connectivity index (χ2n) is 8.91. The number of thioether (sulfide) groups is 1. The first-order valence-electron chi connectivity index (χ1n) is 10.9. The molecule has 2 aromatic carbocycles. The van der Waals surface area contributed by atoms with Crippen LogP contribution in [0.4, 0.5) is 5.88 Å². The van der Waals surface area contributed by atoms with Gasteiger partial charge in [-0.3, -0.25) is 14.7 Å². The molecule has 0 aliphatic carbocycles. The molecule has 3 aromatic heterocycles. The summed E-state index contributed by atoms with van der Waals surface area (Å²) in [6.45, 7) is 6.11. The van der Waals surface area contributed by atoms with Crippen LogP contribution in [0.15, 0.2) is 76.4 Å². The van der Waals surface area contributed by atoms with Crippen molar-refractivity contribution in [1.82, 2.24) is 24.9 Å². The molecule has 0 aliphatic rings. The predicted octanol–water partition coefficient (Wildman–Crippen LogP) is 5.43. The van der Waals surface area contributed by atoms with E-state index in [1.165, 1.54) is 11.8 Å². The van der Waals surface area contributed by atoms with E-state index >= 15 is 0 Å². The number of fused-ring (bicyclic) bond motifs is 1. The van der Waals surface area contributed by atoms with Gasteiger partial charge in [0.2, 0.25) is 11.8 Å². The van der Waals surface area contributed by atoms with Crippen LogP contribution in [0.2, 0.25) is 0 Å². The minimum absolute atomic E-state index is 0.142. The number of nitrogens with zero attached hydrogens (tertiary/aromatic N) is 4. The fourth-order valence-electron chi connectivity index (χ4n) is 3.53. The van der Waals surface area contributed by atoms with Crippen LogP contribution < -0.4 is 5.32 Å². The molecule has 0 aliphatic heterocycles. The Labute approximate surface area is 200 Å². The Kier molecular flexibility index (Phi) is 5.70. The summed E-state index contributed by atoms with van der Waals surface area (Å²) in [6, 6.07) is 21.7. The number of amides is 1. The van der Waals surface area contributed by atoms with Gasteiger partial charge in [-0.25, -0.2) is 0 Å². The number of benzene rings is 2. The van der Waals surface area contributed by atoms with E-state index < -0.39 is 0 Å². The normalized spacial score (nSPS) is 11.7. The number of carbonyl (C=O) groups excluding carboxylic acids is 1. The zero-order valence-corrected chi connectivity index (χ0v) is 19.9. The van der Waals surface area contributed by atoms with E-state index in [4.69, 9.17) is 4.52 Å². The summed E-state index contributed by atoms with van der Waals surface area (Å²) in [5.41, 5.74) is 3.41. The minimum Gasteiger partial charge on any atom is -0.352 e. The summed E-state index contributed by atoms with van der Waals surface area (Å²) < 4.78 is 7.22. The molecule has 5 aromatic rings. The highest BCUT2D eigenvalue weighted by Crippen LogP contribution is 2.30. The maximum atomic E-state index is 12.6. The van der Waals surface area contributed by atoms with Gasteiger partial charge in [0.1, 0.15) is 0 Å². The van der Waals surface area contributed by atoms with Crippen molar-refractivity contribution in [3.05, 3.63) is 72.4 Å². The number of para-hydroxylation sites is 2. The van der Waals surface area contributed by atoms with Crippen molar-refractivity contribution in [1.29, 1.82) is 0 Å². The Morgan fingerprint density at radius 3 is 2.56 bits per heavy atom. The Balaban J connectivity index is 1.39. The standard InChI is InChI=1S/C25H24N6O2S/c1-25(2,3)20-14-22(33-30-20)27-21(32)15-34-24-29-28-23(31(24)17-10-5-4-6-11-17)19-13-16-9-7-8-12-18(16)26-19/h4-14,26H,15H2,1-3H3,(H,27,32). The molecular weight excluding hydrogens is 448 g/mol. The first-order chi connectivity index (χ1) is 16.4. The maximum absolute atomic E-state index is 12.6. The molecule has 1 amide bonds. The number of anilines is 1. The van der Waals surface area contributed by atoms with Crippen LogP contribution in [0.5, 0.6) is 0 Å². The van der Waals surface area contributed by atoms with Gasteiger partial charge in [-0.2, -0.15) is 0 Å². The van der Waals surface area contributed by atoms with Crippen LogP contribution in [0.25, 0.3) is 28.1 Å². The molecule has 172 valence electrons. The van der Waals surface area contributed by atoms with Crippen LogP contribution in [0.1, 0.15) is 26.5 Å². The molecule has 0 bridgehead atoms. The highest BCUT2D eigenvalue weighted by atomic mass is 32.2. The van der Waals surface area contributed by atoms with Crippen molar-refractivity contribution in [2.75, 3.05) is 11.1 Å². The molecule has 2 N–H and O–H groups in total. The van der Waals surface area contributed by atoms with Crippen LogP contribution >= 0.6 is 11.8 Å². The molecule has 34 heavy (non-hydrogen) atoms. The zero-order valence-electron chi connectivity index (χ0n) is 19.1. The van der Waals surface area contributed by atoms with Gasteiger partial charge in [-0.15, -0.1) is 10.2 Å². The second kappa shape index (κ2) is 8.83. The van der Waals surface area contributed by atoms with Crippen molar-refractivity contribution in [2.24, 2.45) is 0 Å². The highest BCUT2D eigenvalue weighted by molar-refractivity contribution is 7.99. The van der Waals surface area contributed by atoms with Gasteiger partial charge >= 0.3 is 0 Å². The van der Waals surface area contributed by atoms with Crippen LogP contribution in [-0.4, -0.2) is 36.6 Å². The number of carbonyl (C=O) groups is 1. The highest BCUT2D eigenvalue weighted by Gasteiger charge is 2.21. The predicted molar refractivity (Wildman–Crippen MR) is 133 cm³/mol. The molecule has 0 radical (unpaired) electrons. The molecule has 8 nitrogen and oxygen atoms in total. The van der Waals surface area contributed by atoms with Crippen molar-refractivity contribution >= 4 is 34.5 Å². The minimum atomic E-state index is -0.212. The monoisotopic (exact) mass is 472 g/mol. The molecule has 9 heteroatoms. The summed E-state index contributed by atoms with van der Waals surface area (Å²) in [5.74, 6) is 0.939. The van der Waals surface area contributed by atoms with Gasteiger partial charge < -0.3 is 9.51 Å². The number of aromatic amines is 1. The first-order valence-corrected chi connectivity index (χ1v) is 11.9. The molecule has 0 fully saturated rings. The van der Waals surface area contributed by atoms with E-state index in [2.05, 4.69) is 31.7 Å². The number of hydrogen-bond donors (Lipinski definition) is 2. The lowest BCUT2D eigenvalue weighted by Gasteiger charge is -2.12. The number of aromatic nitrogens is 5. The fraction of sp³-hybridized carbons (Fsp3) is 0.200. The van der Waals surface area contributed by atoms with E-state index in [0.29, 0.717) is 16.9 Å². The smallest absolute Gasteiger partial charge is 0.237 e. The van der Waals surface area contributed by atoms with Gasteiger partial charge in [0, 0.05) is 28.1 Å². The maximum Gasteiger partial charge on any atom is 0.237 e. The lowest BCUT2D eigenvalue weighted by molar-refractivity contribution is -0.113. The quantitative estimate of drug-likeness (QED) is 0.320. The average molecular weight is 473 g/mol. The average Bonchev–Trinajstić information content (AvgIpc) is 3.55. The molecule has 0 saturated carbocycles. The molecule has 3 heterocycles. The van der Waals surface area contributed by atoms with E-state index in [1.807, 2.05) is 79.9 Å². The molecule has 0 unspecified atom stereocenters. The zero-order chi connectivity index (χ0) is 23.7. The summed E-state index contributed by atoms with van der Waals surface area (Å²) in [6.07, 6.45) is 0. The van der Waals surface area contributed by atoms with Gasteiger partial charge in [0.25, 0.3) is 0 Å². The molecule has 0 spiro atoms. The summed E-state index contributed by atoms with van der Waals surface area (Å²) in [7, 11) is 0. The van der Waals surface area contributed by atoms with Gasteiger partial charge in [0.05, 0.1) is 17.1 Å². The Hall–Kier alpha value is -3.85. The Morgan fingerprint density at radius 1 is 1.06 bits per heavy atom. The summed E-state index contributed by atoms with van der Waals surface area (Å²) in [4.78, 5) is 16.0. The largest absolute Gasteiger partial charge is 0.352 e. The lowest BCUT2D eigenvalue weighted by atomic mass is 9.92. The van der Waals surface area contributed by atoms with E-state index in [0.717, 1.165) is 28.0 Å². The van der Waals surface area contributed by atoms with Gasteiger partial charge in [0.15, 0.2) is 11.0 Å². The van der Waals surface area contributed by atoms with Crippen LogP contribution in [0.3, 0.4) is 0 Å². The SMILES string of the molecule is CC(C)(C)c1cc(NC(=O)CSc2nnc(-c3cc4ccccc4[nH]3)n2-c2ccccc2)on1. The van der Waals surface area contributed by atoms with Crippen LogP contribution in [0, 0.1) is 0 Å². The van der Waals surface area contributed by atoms with Crippen molar-refractivity contribution in [3.8, 4) is 17.2 Å². The van der Waals surface area contributed by atoms with Crippen molar-refractivity contribution < 1.29 is 9.32 Å². The number of rotatable bonds is 6. The third-order valence-corrected chi connectivity index (χ3v) is 6.22.